The molecule has 7 nitrogen and oxygen atoms in total. The summed E-state index contributed by atoms with van der Waals surface area (Å²) in [5.74, 6) is 0.259. The van der Waals surface area contributed by atoms with Gasteiger partial charge in [-0.15, -0.1) is 0 Å². The zero-order valence-electron chi connectivity index (χ0n) is 16.2. The summed E-state index contributed by atoms with van der Waals surface area (Å²) in [7, 11) is 1.86. The molecule has 0 bridgehead atoms. The number of hydrogen-bond acceptors (Lipinski definition) is 5. The number of anilines is 2. The van der Waals surface area contributed by atoms with Crippen molar-refractivity contribution in [2.24, 2.45) is 7.05 Å². The van der Waals surface area contributed by atoms with Crippen LogP contribution in [-0.4, -0.2) is 25.7 Å². The maximum atomic E-state index is 12.6. The normalized spacial score (nSPS) is 11.9. The van der Waals surface area contributed by atoms with Crippen molar-refractivity contribution in [3.8, 4) is 0 Å². The second kappa shape index (κ2) is 7.57. The lowest BCUT2D eigenvalue weighted by Gasteiger charge is -2.14. The van der Waals surface area contributed by atoms with E-state index in [4.69, 9.17) is 0 Å². The van der Waals surface area contributed by atoms with Crippen LogP contribution in [0, 0.1) is 20.8 Å². The molecule has 2 heterocycles. The van der Waals surface area contributed by atoms with Gasteiger partial charge in [-0.1, -0.05) is 17.7 Å². The van der Waals surface area contributed by atoms with Gasteiger partial charge >= 0.3 is 0 Å². The van der Waals surface area contributed by atoms with Gasteiger partial charge in [-0.2, -0.15) is 5.10 Å². The molecular weight excluding hydrogens is 340 g/mol. The van der Waals surface area contributed by atoms with Crippen LogP contribution >= 0.6 is 0 Å². The maximum absolute atomic E-state index is 12.6. The average molecular weight is 364 g/mol. The zero-order chi connectivity index (χ0) is 19.6. The first kappa shape index (κ1) is 18.6. The number of nitrogens with zero attached hydrogens (tertiary/aromatic N) is 4. The average Bonchev–Trinajstić information content (AvgIpc) is 2.95. The summed E-state index contributed by atoms with van der Waals surface area (Å²) >= 11 is 0. The molecule has 140 valence electrons. The first-order valence-electron chi connectivity index (χ1n) is 8.82. The van der Waals surface area contributed by atoms with Crippen molar-refractivity contribution in [2.45, 2.75) is 33.7 Å². The van der Waals surface area contributed by atoms with E-state index in [2.05, 4.69) is 25.7 Å². The lowest BCUT2D eigenvalue weighted by Crippen LogP contribution is -2.28. The van der Waals surface area contributed by atoms with E-state index in [1.54, 1.807) is 17.8 Å². The second-order valence-corrected chi connectivity index (χ2v) is 6.72. The topological polar surface area (TPSA) is 84.7 Å². The van der Waals surface area contributed by atoms with Crippen LogP contribution in [0.15, 0.2) is 36.7 Å². The molecule has 1 atom stereocenters. The van der Waals surface area contributed by atoms with Gasteiger partial charge in [-0.25, -0.2) is 9.97 Å². The van der Waals surface area contributed by atoms with Crippen molar-refractivity contribution in [1.82, 2.24) is 25.1 Å². The minimum Gasteiger partial charge on any atom is -0.345 e. The molecule has 1 aromatic carbocycles. The van der Waals surface area contributed by atoms with Gasteiger partial charge in [-0.05, 0) is 39.8 Å². The molecule has 3 aromatic rings. The van der Waals surface area contributed by atoms with Crippen molar-refractivity contribution in [3.63, 3.8) is 0 Å². The highest BCUT2D eigenvalue weighted by Gasteiger charge is 2.18. The number of amides is 1. The van der Waals surface area contributed by atoms with E-state index in [9.17, 15) is 4.79 Å². The Kier molecular flexibility index (Phi) is 5.21. The van der Waals surface area contributed by atoms with Gasteiger partial charge in [0.05, 0.1) is 23.0 Å². The summed E-state index contributed by atoms with van der Waals surface area (Å²) < 4.78 is 1.74. The highest BCUT2D eigenvalue weighted by Crippen LogP contribution is 2.18. The van der Waals surface area contributed by atoms with Gasteiger partial charge in [0.1, 0.15) is 0 Å². The van der Waals surface area contributed by atoms with Crippen molar-refractivity contribution >= 4 is 17.5 Å². The van der Waals surface area contributed by atoms with E-state index in [1.165, 1.54) is 5.56 Å². The Morgan fingerprint density at radius 1 is 1.11 bits per heavy atom. The van der Waals surface area contributed by atoms with E-state index in [-0.39, 0.29) is 11.9 Å². The zero-order valence-corrected chi connectivity index (χ0v) is 16.2. The molecule has 1 amide bonds. The molecule has 0 unspecified atom stereocenters. The monoisotopic (exact) mass is 364 g/mol. The molecule has 0 spiro atoms. The molecule has 0 fully saturated rings. The van der Waals surface area contributed by atoms with E-state index >= 15 is 0 Å². The number of carbonyl (C=O) groups excluding carboxylic acids is 1. The molecule has 2 N–H and O–H groups in total. The minimum absolute atomic E-state index is 0.157. The summed E-state index contributed by atoms with van der Waals surface area (Å²) in [6.45, 7) is 7.70. The first-order valence-corrected chi connectivity index (χ1v) is 8.82. The predicted molar refractivity (Wildman–Crippen MR) is 105 cm³/mol. The van der Waals surface area contributed by atoms with Crippen molar-refractivity contribution in [2.75, 3.05) is 5.32 Å². The van der Waals surface area contributed by atoms with Gasteiger partial charge in [0.25, 0.3) is 5.91 Å². The molecule has 0 radical (unpaired) electrons. The van der Waals surface area contributed by atoms with Crippen molar-refractivity contribution < 1.29 is 4.79 Å². The van der Waals surface area contributed by atoms with E-state index in [1.807, 2.05) is 58.3 Å². The van der Waals surface area contributed by atoms with Crippen LogP contribution in [-0.2, 0) is 7.05 Å². The number of carbonyl (C=O) groups is 1. The summed E-state index contributed by atoms with van der Waals surface area (Å²) in [6, 6.07) is 7.80. The number of benzene rings is 1. The SMILES string of the molecule is Cc1ccc(Nc2ncc(C(=O)N[C@@H](C)c3cn(C)nc3C)c(C)n2)cc1. The van der Waals surface area contributed by atoms with Crippen LogP contribution in [0.5, 0.6) is 0 Å². The fourth-order valence-corrected chi connectivity index (χ4v) is 2.91. The van der Waals surface area contributed by atoms with Gasteiger partial charge in [0.2, 0.25) is 5.95 Å². The van der Waals surface area contributed by atoms with Crippen molar-refractivity contribution in [1.29, 1.82) is 0 Å². The van der Waals surface area contributed by atoms with E-state index in [0.717, 1.165) is 16.9 Å². The van der Waals surface area contributed by atoms with Gasteiger partial charge in [0, 0.05) is 30.7 Å². The van der Waals surface area contributed by atoms with Gasteiger partial charge in [-0.3, -0.25) is 9.48 Å². The van der Waals surface area contributed by atoms with Crippen LogP contribution in [0.3, 0.4) is 0 Å². The fraction of sp³-hybridized carbons (Fsp3) is 0.300. The minimum atomic E-state index is -0.204. The first-order chi connectivity index (χ1) is 12.8. The van der Waals surface area contributed by atoms with E-state index < -0.39 is 0 Å². The Balaban J connectivity index is 1.72. The molecule has 0 saturated carbocycles. The van der Waals surface area contributed by atoms with Crippen molar-refractivity contribution in [3.05, 3.63) is 64.7 Å². The molecule has 27 heavy (non-hydrogen) atoms. The maximum Gasteiger partial charge on any atom is 0.255 e. The Morgan fingerprint density at radius 2 is 1.81 bits per heavy atom. The molecule has 0 aliphatic rings. The highest BCUT2D eigenvalue weighted by molar-refractivity contribution is 5.95. The number of rotatable bonds is 5. The number of aryl methyl sites for hydroxylation is 4. The molecule has 0 aliphatic carbocycles. The quantitative estimate of drug-likeness (QED) is 0.725. The molecule has 7 heteroatoms. The summed E-state index contributed by atoms with van der Waals surface area (Å²) in [5, 5.41) is 10.5. The number of hydrogen-bond donors (Lipinski definition) is 2. The Morgan fingerprint density at radius 3 is 2.41 bits per heavy atom. The van der Waals surface area contributed by atoms with Crippen LogP contribution in [0.4, 0.5) is 11.6 Å². The summed E-state index contributed by atoms with van der Waals surface area (Å²) in [6.07, 6.45) is 3.47. The third-order valence-corrected chi connectivity index (χ3v) is 4.40. The lowest BCUT2D eigenvalue weighted by molar-refractivity contribution is 0.0938. The third-order valence-electron chi connectivity index (χ3n) is 4.40. The Hall–Kier alpha value is -3.22. The molecule has 3 rings (SSSR count). The number of aromatic nitrogens is 4. The van der Waals surface area contributed by atoms with Crippen LogP contribution < -0.4 is 10.6 Å². The Labute approximate surface area is 158 Å². The van der Waals surface area contributed by atoms with Crippen LogP contribution in [0.1, 0.15) is 45.8 Å². The largest absolute Gasteiger partial charge is 0.345 e. The second-order valence-electron chi connectivity index (χ2n) is 6.72. The summed E-state index contributed by atoms with van der Waals surface area (Å²) in [4.78, 5) is 21.3. The fourth-order valence-electron chi connectivity index (χ4n) is 2.91. The number of nitrogens with one attached hydrogen (secondary N) is 2. The van der Waals surface area contributed by atoms with Gasteiger partial charge in [0.15, 0.2) is 0 Å². The van der Waals surface area contributed by atoms with E-state index in [0.29, 0.717) is 17.2 Å². The molecule has 2 aromatic heterocycles. The standard InChI is InChI=1S/C20H24N6O/c1-12-6-8-16(9-7-12)24-20-21-10-17(13(2)23-20)19(27)22-14(3)18-11-26(5)25-15(18)4/h6-11,14H,1-5H3,(H,22,27)(H,21,23,24)/t14-/m0/s1. The Bertz CT molecular complexity index is 961. The molecule has 0 aliphatic heterocycles. The molecule has 0 saturated heterocycles. The molecular formula is C20H24N6O. The van der Waals surface area contributed by atoms with Crippen LogP contribution in [0.25, 0.3) is 0 Å². The highest BCUT2D eigenvalue weighted by atomic mass is 16.1. The smallest absolute Gasteiger partial charge is 0.255 e. The lowest BCUT2D eigenvalue weighted by atomic mass is 10.1. The summed E-state index contributed by atoms with van der Waals surface area (Å²) in [5.41, 5.74) is 5.04. The van der Waals surface area contributed by atoms with Crippen LogP contribution in [0.2, 0.25) is 0 Å². The van der Waals surface area contributed by atoms with Gasteiger partial charge < -0.3 is 10.6 Å². The predicted octanol–water partition coefficient (Wildman–Crippen LogP) is 3.37. The third kappa shape index (κ3) is 4.31.